The second-order valence-corrected chi connectivity index (χ2v) is 2.51. The van der Waals surface area contributed by atoms with Crippen molar-refractivity contribution in [3.05, 3.63) is 18.5 Å². The quantitative estimate of drug-likeness (QED) is 0.644. The van der Waals surface area contributed by atoms with Crippen molar-refractivity contribution in [3.63, 3.8) is 0 Å². The summed E-state index contributed by atoms with van der Waals surface area (Å²) in [5.41, 5.74) is 1.55. The van der Waals surface area contributed by atoms with E-state index in [1.807, 2.05) is 7.05 Å². The first kappa shape index (κ1) is 5.93. The Hall–Kier alpha value is -1.62. The van der Waals surface area contributed by atoms with E-state index in [0.29, 0.717) is 0 Å². The van der Waals surface area contributed by atoms with Crippen LogP contribution in [0.4, 0.5) is 0 Å². The number of H-pyrrole nitrogens is 1. The molecule has 2 aromatic rings. The highest BCUT2D eigenvalue weighted by Gasteiger charge is 2.08. The maximum Gasteiger partial charge on any atom is 0.260 e. The summed E-state index contributed by atoms with van der Waals surface area (Å²) in [5.74, 6) is 0.234. The fraction of sp³-hybridized carbons (Fsp3) is 0.250. The van der Waals surface area contributed by atoms with Crippen LogP contribution in [0, 0.1) is 0 Å². The molecule has 0 aliphatic rings. The average molecular weight is 184 g/mol. The first-order valence-corrected chi connectivity index (χ1v) is 3.48. The number of aromatic nitrogens is 3. The number of nitrogens with zero attached hydrogens (tertiary/aromatic N) is 2. The number of rotatable bonds is 1. The molecule has 0 unspecified atom stereocenters. The zero-order valence-corrected chi connectivity index (χ0v) is 6.98. The van der Waals surface area contributed by atoms with E-state index >= 15 is 0 Å². The Bertz CT molecular complexity index is 495. The molecular weight excluding hydrogens is 170 g/mol. The van der Waals surface area contributed by atoms with E-state index in [-0.39, 0.29) is 11.2 Å². The van der Waals surface area contributed by atoms with E-state index in [0.717, 1.165) is 11.0 Å². The van der Waals surface area contributed by atoms with Gasteiger partial charge in [-0.15, -0.1) is 4.68 Å². The van der Waals surface area contributed by atoms with Crippen molar-refractivity contribution in [2.24, 2.45) is 7.05 Å². The molecule has 70 valence electrons. The molecule has 0 aliphatic carbocycles. The molecule has 2 N–H and O–H groups in total. The molecule has 5 nitrogen and oxygen atoms in total. The number of hydrogen-bond acceptors (Lipinski definition) is 3. The molecule has 13 heavy (non-hydrogen) atoms. The minimum atomic E-state index is -2.44. The first-order chi connectivity index (χ1) is 6.96. The zero-order valence-electron chi connectivity index (χ0n) is 9.98. The third-order valence-electron chi connectivity index (χ3n) is 1.75. The molecule has 0 fully saturated rings. The summed E-state index contributed by atoms with van der Waals surface area (Å²) in [5, 5.41) is 2.92. The Morgan fingerprint density at radius 3 is 3.31 bits per heavy atom. The van der Waals surface area contributed by atoms with Crippen molar-refractivity contribution in [1.82, 2.24) is 10.1 Å². The van der Waals surface area contributed by atoms with Gasteiger partial charge in [0.25, 0.3) is 5.52 Å². The number of nitrogens with one attached hydrogen (secondary N) is 1. The average Bonchev–Trinajstić information content (AvgIpc) is 2.45. The summed E-state index contributed by atoms with van der Waals surface area (Å²) in [7, 11) is -0.632. The van der Waals surface area contributed by atoms with Crippen LogP contribution >= 0.6 is 0 Å². The summed E-state index contributed by atoms with van der Waals surface area (Å²) in [4.78, 5) is 4.06. The lowest BCUT2D eigenvalue weighted by Crippen LogP contribution is -2.29. The molecule has 0 bridgehead atoms. The van der Waals surface area contributed by atoms with Crippen LogP contribution < -0.4 is 9.42 Å². The summed E-state index contributed by atoms with van der Waals surface area (Å²) in [6.45, 7) is 0. The second-order valence-electron chi connectivity index (χ2n) is 2.51. The van der Waals surface area contributed by atoms with Crippen molar-refractivity contribution in [2.45, 2.75) is 0 Å². The van der Waals surface area contributed by atoms with Gasteiger partial charge in [-0.3, -0.25) is 0 Å². The smallest absolute Gasteiger partial charge is 0.260 e. The van der Waals surface area contributed by atoms with Gasteiger partial charge in [-0.05, 0) is 0 Å². The van der Waals surface area contributed by atoms with E-state index < -0.39 is 7.04 Å². The van der Waals surface area contributed by atoms with E-state index in [2.05, 4.69) is 10.1 Å². The standard InChI is InChI=1S/C8H9N3O.H2O/c1-11-8-3-6(12-2)4-9-7(8)5-10-11;/h3-5H,1-2H3;1H2/i2D3;. The summed E-state index contributed by atoms with van der Waals surface area (Å²) in [6.07, 6.45) is 3.12. The van der Waals surface area contributed by atoms with Crippen LogP contribution in [0.5, 0.6) is 5.75 Å². The normalized spacial score (nSPS) is 14.1. The van der Waals surface area contributed by atoms with Gasteiger partial charge in [-0.1, -0.05) is 0 Å². The van der Waals surface area contributed by atoms with E-state index in [4.69, 9.17) is 8.85 Å². The highest BCUT2D eigenvalue weighted by atomic mass is 16.5. The van der Waals surface area contributed by atoms with Crippen LogP contribution in [0.25, 0.3) is 11.0 Å². The largest absolute Gasteiger partial charge is 0.870 e. The minimum Gasteiger partial charge on any atom is -0.870 e. The lowest BCUT2D eigenvalue weighted by atomic mass is 10.4. The molecule has 2 heterocycles. The number of pyridine rings is 1. The minimum absolute atomic E-state index is 0. The fourth-order valence-electron chi connectivity index (χ4n) is 1.11. The Kier molecular flexibility index (Phi) is 1.55. The van der Waals surface area contributed by atoms with Gasteiger partial charge in [0, 0.05) is 0 Å². The maximum atomic E-state index is 6.96. The van der Waals surface area contributed by atoms with Gasteiger partial charge >= 0.3 is 0 Å². The molecule has 0 aliphatic heterocycles. The molecule has 0 radical (unpaired) electrons. The van der Waals surface area contributed by atoms with Crippen molar-refractivity contribution in [1.29, 1.82) is 0 Å². The van der Waals surface area contributed by atoms with Crippen molar-refractivity contribution in [2.75, 3.05) is 7.04 Å². The van der Waals surface area contributed by atoms with Crippen LogP contribution in [-0.2, 0) is 7.05 Å². The monoisotopic (exact) mass is 184 g/mol. The summed E-state index contributed by atoms with van der Waals surface area (Å²) < 4.78 is 27.4. The zero-order chi connectivity index (χ0) is 11.1. The van der Waals surface area contributed by atoms with Crippen molar-refractivity contribution >= 4 is 11.0 Å². The van der Waals surface area contributed by atoms with Gasteiger partial charge in [0.15, 0.2) is 12.6 Å². The highest BCUT2D eigenvalue weighted by molar-refractivity contribution is 5.70. The molecule has 2 aromatic heterocycles. The van der Waals surface area contributed by atoms with Crippen molar-refractivity contribution < 1.29 is 19.0 Å². The molecule has 0 aromatic carbocycles. The number of fused-ring (bicyclic) bond motifs is 1. The molecule has 0 saturated heterocycles. The van der Waals surface area contributed by atoms with Crippen LogP contribution in [0.2, 0.25) is 0 Å². The van der Waals surface area contributed by atoms with Crippen LogP contribution in [-0.4, -0.2) is 22.6 Å². The predicted octanol–water partition coefficient (Wildman–Crippen LogP) is 0.219. The Morgan fingerprint density at radius 2 is 2.54 bits per heavy atom. The molecule has 0 saturated carbocycles. The van der Waals surface area contributed by atoms with E-state index in [9.17, 15) is 0 Å². The molecular formula is C8H11N3O2. The first-order valence-electron chi connectivity index (χ1n) is 4.98. The lowest BCUT2D eigenvalue weighted by molar-refractivity contribution is -0.702. The van der Waals surface area contributed by atoms with Gasteiger partial charge in [-0.2, -0.15) is 5.10 Å². The summed E-state index contributed by atoms with van der Waals surface area (Å²) >= 11 is 0. The Labute approximate surface area is 79.5 Å². The van der Waals surface area contributed by atoms with Gasteiger partial charge in [0.2, 0.25) is 0 Å². The SMILES string of the molecule is [2H]C([2H])([2H])Oc1cnc2c[nH][n+](C)c2c1.[OH-]. The number of ether oxygens (including phenoxy) is 1. The number of hydrogen-bond donors (Lipinski definition) is 1. The number of aryl methyl sites for hydroxylation is 1. The number of methoxy groups -OCH3 is 1. The predicted molar refractivity (Wildman–Crippen MR) is 45.8 cm³/mol. The molecule has 0 amide bonds. The maximum absolute atomic E-state index is 6.96. The Balaban J connectivity index is 0.00000128. The Morgan fingerprint density at radius 1 is 1.69 bits per heavy atom. The molecule has 0 spiro atoms. The third-order valence-corrected chi connectivity index (χ3v) is 1.75. The lowest BCUT2D eigenvalue weighted by Gasteiger charge is -1.94. The van der Waals surface area contributed by atoms with E-state index in [1.54, 1.807) is 16.9 Å². The molecule has 2 rings (SSSR count). The van der Waals surface area contributed by atoms with E-state index in [1.165, 1.54) is 6.20 Å². The summed E-state index contributed by atoms with van der Waals surface area (Å²) in [6, 6.07) is 1.63. The third kappa shape index (κ3) is 1.46. The van der Waals surface area contributed by atoms with Gasteiger partial charge in [0.1, 0.15) is 5.75 Å². The van der Waals surface area contributed by atoms with Gasteiger partial charge < -0.3 is 10.2 Å². The van der Waals surface area contributed by atoms with Gasteiger partial charge in [0.05, 0.1) is 29.6 Å². The highest BCUT2D eigenvalue weighted by Crippen LogP contribution is 2.13. The molecule has 0 atom stereocenters. The molecule has 5 heteroatoms. The van der Waals surface area contributed by atoms with Gasteiger partial charge in [-0.25, -0.2) is 4.98 Å². The van der Waals surface area contributed by atoms with Crippen LogP contribution in [0.15, 0.2) is 18.5 Å². The fourth-order valence-corrected chi connectivity index (χ4v) is 1.11. The van der Waals surface area contributed by atoms with Crippen molar-refractivity contribution in [3.8, 4) is 5.75 Å². The van der Waals surface area contributed by atoms with Crippen LogP contribution in [0.1, 0.15) is 4.11 Å². The topological polar surface area (TPSA) is 71.8 Å². The second kappa shape index (κ2) is 3.40. The van der Waals surface area contributed by atoms with Crippen LogP contribution in [0.3, 0.4) is 0 Å². The number of aromatic amines is 1.